The van der Waals surface area contributed by atoms with Crippen LogP contribution in [0.5, 0.6) is 0 Å². The monoisotopic (exact) mass is 401 g/mol. The predicted molar refractivity (Wildman–Crippen MR) is 118 cm³/mol. The van der Waals surface area contributed by atoms with Gasteiger partial charge in [0.25, 0.3) is 0 Å². The standard InChI is InChI=1S/C25H23NO4/c1-15(2)25-19(21-5-3-7-23(27)29-21)13-17(16-9-11-18(26)12-10-16)14-20(25)22-6-4-8-24(28)30-22/h3-15,17,25H,26H2,1-2H3. The van der Waals surface area contributed by atoms with E-state index in [2.05, 4.69) is 26.0 Å². The highest BCUT2D eigenvalue weighted by Gasteiger charge is 2.32. The van der Waals surface area contributed by atoms with Gasteiger partial charge in [0.1, 0.15) is 11.5 Å². The largest absolute Gasteiger partial charge is 0.423 e. The van der Waals surface area contributed by atoms with Gasteiger partial charge in [-0.25, -0.2) is 9.59 Å². The number of nitrogen functional groups attached to an aromatic ring is 1. The Morgan fingerprint density at radius 2 is 1.27 bits per heavy atom. The Hall–Kier alpha value is -3.60. The van der Waals surface area contributed by atoms with Gasteiger partial charge in [-0.05, 0) is 46.9 Å². The van der Waals surface area contributed by atoms with Crippen molar-refractivity contribution in [3.63, 3.8) is 0 Å². The van der Waals surface area contributed by atoms with Gasteiger partial charge >= 0.3 is 11.3 Å². The Labute approximate surface area is 174 Å². The first-order valence-electron chi connectivity index (χ1n) is 9.92. The zero-order valence-corrected chi connectivity index (χ0v) is 16.9. The number of hydrogen-bond acceptors (Lipinski definition) is 5. The summed E-state index contributed by atoms with van der Waals surface area (Å²) in [7, 11) is 0. The summed E-state index contributed by atoms with van der Waals surface area (Å²) in [6, 6.07) is 17.4. The molecule has 0 fully saturated rings. The SMILES string of the molecule is CC(C)C1C(c2cccc(=O)o2)=CC(c2ccc(N)cc2)C=C1c1cccc(=O)o1. The summed E-state index contributed by atoms with van der Waals surface area (Å²) in [6.45, 7) is 4.19. The second-order valence-corrected chi connectivity index (χ2v) is 7.78. The van der Waals surface area contributed by atoms with Crippen LogP contribution in [0.1, 0.15) is 36.8 Å². The quantitative estimate of drug-likeness (QED) is 0.640. The van der Waals surface area contributed by atoms with Crippen LogP contribution >= 0.6 is 0 Å². The number of allylic oxidation sites excluding steroid dienone is 4. The Morgan fingerprint density at radius 1 is 0.767 bits per heavy atom. The molecule has 1 aliphatic carbocycles. The molecule has 0 atom stereocenters. The molecule has 5 nitrogen and oxygen atoms in total. The predicted octanol–water partition coefficient (Wildman–Crippen LogP) is 4.71. The van der Waals surface area contributed by atoms with Crippen molar-refractivity contribution >= 4 is 16.8 Å². The molecule has 1 aliphatic rings. The van der Waals surface area contributed by atoms with Gasteiger partial charge in [0, 0.05) is 29.7 Å². The average Bonchev–Trinajstić information content (AvgIpc) is 2.73. The summed E-state index contributed by atoms with van der Waals surface area (Å²) in [6.07, 6.45) is 4.22. The van der Waals surface area contributed by atoms with Crippen LogP contribution in [0.3, 0.4) is 0 Å². The molecule has 2 aromatic heterocycles. The lowest BCUT2D eigenvalue weighted by Crippen LogP contribution is -2.19. The first kappa shape index (κ1) is 19.7. The third kappa shape index (κ3) is 3.92. The van der Waals surface area contributed by atoms with Crippen LogP contribution in [0.2, 0.25) is 0 Å². The molecule has 0 aliphatic heterocycles. The van der Waals surface area contributed by atoms with E-state index in [9.17, 15) is 9.59 Å². The average molecular weight is 401 g/mol. The third-order valence-electron chi connectivity index (χ3n) is 5.33. The first-order chi connectivity index (χ1) is 14.4. The molecule has 0 saturated heterocycles. The van der Waals surface area contributed by atoms with Gasteiger partial charge in [-0.2, -0.15) is 0 Å². The first-order valence-corrected chi connectivity index (χ1v) is 9.92. The van der Waals surface area contributed by atoms with E-state index in [-0.39, 0.29) is 17.8 Å². The molecule has 30 heavy (non-hydrogen) atoms. The van der Waals surface area contributed by atoms with Crippen LogP contribution in [0.15, 0.2) is 91.2 Å². The van der Waals surface area contributed by atoms with E-state index in [1.54, 1.807) is 24.3 Å². The van der Waals surface area contributed by atoms with Crippen molar-refractivity contribution in [1.29, 1.82) is 0 Å². The fourth-order valence-electron chi connectivity index (χ4n) is 4.00. The van der Waals surface area contributed by atoms with Crippen LogP contribution in [0, 0.1) is 11.8 Å². The number of benzene rings is 1. The van der Waals surface area contributed by atoms with Gasteiger partial charge in [-0.1, -0.05) is 50.3 Å². The molecular weight excluding hydrogens is 378 g/mol. The third-order valence-corrected chi connectivity index (χ3v) is 5.33. The lowest BCUT2D eigenvalue weighted by atomic mass is 9.73. The minimum atomic E-state index is -0.401. The molecule has 5 heteroatoms. The van der Waals surface area contributed by atoms with E-state index in [0.29, 0.717) is 17.2 Å². The summed E-state index contributed by atoms with van der Waals surface area (Å²) in [5.74, 6) is 1.01. The highest BCUT2D eigenvalue weighted by atomic mass is 16.4. The molecule has 2 N–H and O–H groups in total. The van der Waals surface area contributed by atoms with E-state index in [4.69, 9.17) is 14.6 Å². The lowest BCUT2D eigenvalue weighted by Gasteiger charge is -2.31. The lowest BCUT2D eigenvalue weighted by molar-refractivity contribution is 0.463. The number of anilines is 1. The Morgan fingerprint density at radius 3 is 1.70 bits per heavy atom. The second kappa shape index (κ2) is 8.03. The van der Waals surface area contributed by atoms with Gasteiger partial charge in [0.15, 0.2) is 0 Å². The topological polar surface area (TPSA) is 86.4 Å². The molecule has 4 rings (SSSR count). The summed E-state index contributed by atoms with van der Waals surface area (Å²) < 4.78 is 11.1. The Balaban J connectivity index is 1.93. The van der Waals surface area contributed by atoms with Gasteiger partial charge in [0.05, 0.1) is 0 Å². The van der Waals surface area contributed by atoms with Crippen molar-refractivity contribution in [2.75, 3.05) is 5.73 Å². The van der Waals surface area contributed by atoms with Gasteiger partial charge in [-0.15, -0.1) is 0 Å². The molecule has 0 saturated carbocycles. The summed E-state index contributed by atoms with van der Waals surface area (Å²) in [4.78, 5) is 23.8. The Kier molecular flexibility index (Phi) is 5.27. The van der Waals surface area contributed by atoms with Crippen molar-refractivity contribution in [3.8, 4) is 0 Å². The van der Waals surface area contributed by atoms with Crippen LogP contribution in [-0.4, -0.2) is 0 Å². The van der Waals surface area contributed by atoms with E-state index in [1.165, 1.54) is 12.1 Å². The zero-order valence-electron chi connectivity index (χ0n) is 16.9. The van der Waals surface area contributed by atoms with Crippen molar-refractivity contribution in [3.05, 3.63) is 111 Å². The molecule has 0 bridgehead atoms. The van der Waals surface area contributed by atoms with Crippen molar-refractivity contribution in [1.82, 2.24) is 0 Å². The number of nitrogens with two attached hydrogens (primary N) is 1. The normalized spacial score (nSPS) is 18.8. The van der Waals surface area contributed by atoms with Gasteiger partial charge < -0.3 is 14.6 Å². The van der Waals surface area contributed by atoms with Crippen LogP contribution < -0.4 is 17.0 Å². The molecule has 1 aromatic carbocycles. The second-order valence-electron chi connectivity index (χ2n) is 7.78. The molecule has 0 unspecified atom stereocenters. The van der Waals surface area contributed by atoms with Crippen molar-refractivity contribution in [2.45, 2.75) is 19.8 Å². The fourth-order valence-corrected chi connectivity index (χ4v) is 4.00. The van der Waals surface area contributed by atoms with Gasteiger partial charge in [-0.3, -0.25) is 0 Å². The molecular formula is C25H23NO4. The molecule has 2 heterocycles. The van der Waals surface area contributed by atoms with Crippen LogP contribution in [0.4, 0.5) is 5.69 Å². The minimum Gasteiger partial charge on any atom is -0.423 e. The molecule has 0 spiro atoms. The van der Waals surface area contributed by atoms with Crippen LogP contribution in [-0.2, 0) is 0 Å². The number of rotatable bonds is 4. The zero-order chi connectivity index (χ0) is 21.3. The minimum absolute atomic E-state index is 0.0957. The van der Waals surface area contributed by atoms with E-state index in [0.717, 1.165) is 16.7 Å². The van der Waals surface area contributed by atoms with E-state index < -0.39 is 11.3 Å². The van der Waals surface area contributed by atoms with Crippen molar-refractivity contribution in [2.24, 2.45) is 11.8 Å². The smallest absolute Gasteiger partial charge is 0.336 e. The molecule has 0 amide bonds. The maximum Gasteiger partial charge on any atom is 0.336 e. The maximum absolute atomic E-state index is 11.9. The summed E-state index contributed by atoms with van der Waals surface area (Å²) in [5, 5.41) is 0. The molecule has 0 radical (unpaired) electrons. The molecule has 3 aromatic rings. The van der Waals surface area contributed by atoms with Gasteiger partial charge in [0.2, 0.25) is 0 Å². The highest BCUT2D eigenvalue weighted by Crippen LogP contribution is 2.46. The van der Waals surface area contributed by atoms with Crippen LogP contribution in [0.25, 0.3) is 11.1 Å². The summed E-state index contributed by atoms with van der Waals surface area (Å²) in [5.41, 5.74) is 8.58. The summed E-state index contributed by atoms with van der Waals surface area (Å²) >= 11 is 0. The fraction of sp³-hybridized carbons (Fsp3) is 0.200. The van der Waals surface area contributed by atoms with E-state index in [1.807, 2.05) is 24.3 Å². The number of hydrogen-bond donors (Lipinski definition) is 1. The van der Waals surface area contributed by atoms with E-state index >= 15 is 0 Å². The maximum atomic E-state index is 11.9. The Bertz CT molecular complexity index is 1160. The van der Waals surface area contributed by atoms with Crippen molar-refractivity contribution < 1.29 is 8.83 Å². The molecule has 152 valence electrons. The highest BCUT2D eigenvalue weighted by molar-refractivity contribution is 5.83.